The van der Waals surface area contributed by atoms with E-state index in [1.54, 1.807) is 18.9 Å². The Bertz CT molecular complexity index is 831. The topological polar surface area (TPSA) is 134 Å². The van der Waals surface area contributed by atoms with E-state index in [0.29, 0.717) is 38.6 Å². The molecule has 0 bridgehead atoms. The number of amides is 3. The van der Waals surface area contributed by atoms with Crippen molar-refractivity contribution in [2.24, 2.45) is 11.7 Å². The standard InChI is InChI=1S/C24H36N4O5/c1-3-19(25)22(30)27-21-16(14-29)6-7-17-8-11-20(28(17)24(21)32)23(31)26-13-12-15-4-9-18(33-2)10-5-15/h4-5,9-10,16-17,19-21,29H,3,6-8,11-14,25H2,1-2H3,(H,26,31)(H,27,30)/t16-,17+,19+,20+,21+/m1/s1. The summed E-state index contributed by atoms with van der Waals surface area (Å²) in [5.41, 5.74) is 6.91. The molecule has 5 N–H and O–H groups in total. The number of nitrogens with one attached hydrogen (secondary N) is 2. The summed E-state index contributed by atoms with van der Waals surface area (Å²) in [4.78, 5) is 40.5. The number of hydrogen-bond acceptors (Lipinski definition) is 6. The van der Waals surface area contributed by atoms with E-state index < -0.39 is 30.0 Å². The lowest BCUT2D eigenvalue weighted by Crippen LogP contribution is -2.58. The van der Waals surface area contributed by atoms with E-state index in [0.717, 1.165) is 17.7 Å². The molecule has 2 fully saturated rings. The van der Waals surface area contributed by atoms with Gasteiger partial charge in [-0.25, -0.2) is 0 Å². The number of ether oxygens (including phenoxy) is 1. The minimum Gasteiger partial charge on any atom is -0.497 e. The molecule has 9 heteroatoms. The molecule has 9 nitrogen and oxygen atoms in total. The highest BCUT2D eigenvalue weighted by Gasteiger charge is 2.47. The summed E-state index contributed by atoms with van der Waals surface area (Å²) >= 11 is 0. The molecular weight excluding hydrogens is 424 g/mol. The molecule has 0 aromatic heterocycles. The number of benzene rings is 1. The van der Waals surface area contributed by atoms with Gasteiger partial charge in [0.05, 0.1) is 13.2 Å². The molecule has 1 aromatic rings. The summed E-state index contributed by atoms with van der Waals surface area (Å²) in [6.07, 6.45) is 3.72. The Kier molecular flexibility index (Phi) is 8.68. The quantitative estimate of drug-likeness (QED) is 0.420. The first-order valence-corrected chi connectivity index (χ1v) is 11.8. The highest BCUT2D eigenvalue weighted by Crippen LogP contribution is 2.34. The predicted octanol–water partition coefficient (Wildman–Crippen LogP) is 0.338. The van der Waals surface area contributed by atoms with Crippen molar-refractivity contribution in [3.05, 3.63) is 29.8 Å². The lowest BCUT2D eigenvalue weighted by atomic mass is 9.94. The van der Waals surface area contributed by atoms with Gasteiger partial charge in [-0.05, 0) is 56.2 Å². The molecule has 0 unspecified atom stereocenters. The van der Waals surface area contributed by atoms with Crippen molar-refractivity contribution in [3.8, 4) is 5.75 Å². The van der Waals surface area contributed by atoms with E-state index >= 15 is 0 Å². The van der Waals surface area contributed by atoms with Crippen LogP contribution >= 0.6 is 0 Å². The van der Waals surface area contributed by atoms with Crippen LogP contribution in [0.2, 0.25) is 0 Å². The Morgan fingerprint density at radius 2 is 1.91 bits per heavy atom. The first-order chi connectivity index (χ1) is 15.9. The predicted molar refractivity (Wildman–Crippen MR) is 123 cm³/mol. The summed E-state index contributed by atoms with van der Waals surface area (Å²) in [5.74, 6) is -0.511. The van der Waals surface area contributed by atoms with Crippen LogP contribution < -0.4 is 21.1 Å². The molecule has 3 amide bonds. The molecule has 0 radical (unpaired) electrons. The summed E-state index contributed by atoms with van der Waals surface area (Å²) in [6, 6.07) is 5.44. The fourth-order valence-electron chi connectivity index (χ4n) is 4.75. The van der Waals surface area contributed by atoms with Gasteiger partial charge in [-0.2, -0.15) is 0 Å². The molecule has 1 aromatic carbocycles. The van der Waals surface area contributed by atoms with Crippen LogP contribution in [0.1, 0.15) is 44.6 Å². The van der Waals surface area contributed by atoms with E-state index in [4.69, 9.17) is 10.5 Å². The average molecular weight is 461 g/mol. The highest BCUT2D eigenvalue weighted by atomic mass is 16.5. The maximum absolute atomic E-state index is 13.5. The summed E-state index contributed by atoms with van der Waals surface area (Å²) in [6.45, 7) is 2.04. The number of aliphatic hydroxyl groups is 1. The third kappa shape index (κ3) is 5.83. The number of fused-ring (bicyclic) bond motifs is 1. The van der Waals surface area contributed by atoms with E-state index in [-0.39, 0.29) is 24.5 Å². The SMILES string of the molecule is CC[C@H](N)C(=O)N[C@@H]1C(=O)N2[C@@H](CC[C@@H]1CO)CC[C@H]2C(=O)NCCc1ccc(OC)cc1. The third-order valence-corrected chi connectivity index (χ3v) is 6.85. The Balaban J connectivity index is 1.65. The summed E-state index contributed by atoms with van der Waals surface area (Å²) < 4.78 is 5.16. The van der Waals surface area contributed by atoms with E-state index in [2.05, 4.69) is 10.6 Å². The first-order valence-electron chi connectivity index (χ1n) is 11.8. The lowest BCUT2D eigenvalue weighted by molar-refractivity contribution is -0.143. The molecule has 0 saturated carbocycles. The smallest absolute Gasteiger partial charge is 0.246 e. The number of nitrogens with zero attached hydrogens (tertiary/aromatic N) is 1. The van der Waals surface area contributed by atoms with Crippen LogP contribution in [0, 0.1) is 5.92 Å². The van der Waals surface area contributed by atoms with Crippen molar-refractivity contribution < 1.29 is 24.2 Å². The minimum atomic E-state index is -0.877. The molecular formula is C24H36N4O5. The Morgan fingerprint density at radius 3 is 2.55 bits per heavy atom. The molecule has 2 saturated heterocycles. The molecule has 2 aliphatic rings. The Hall–Kier alpha value is -2.65. The van der Waals surface area contributed by atoms with Gasteiger partial charge in [0.15, 0.2) is 0 Å². The van der Waals surface area contributed by atoms with Gasteiger partial charge in [-0.1, -0.05) is 19.1 Å². The van der Waals surface area contributed by atoms with Gasteiger partial charge in [-0.3, -0.25) is 14.4 Å². The van der Waals surface area contributed by atoms with Crippen LogP contribution in [-0.2, 0) is 20.8 Å². The second kappa shape index (κ2) is 11.5. The lowest BCUT2D eigenvalue weighted by Gasteiger charge is -2.32. The Labute approximate surface area is 195 Å². The monoisotopic (exact) mass is 460 g/mol. The van der Waals surface area contributed by atoms with Crippen molar-refractivity contribution in [1.29, 1.82) is 0 Å². The third-order valence-electron chi connectivity index (χ3n) is 6.85. The van der Waals surface area contributed by atoms with Crippen molar-refractivity contribution in [3.63, 3.8) is 0 Å². The molecule has 5 atom stereocenters. The van der Waals surface area contributed by atoms with Gasteiger partial charge in [0.25, 0.3) is 0 Å². The largest absolute Gasteiger partial charge is 0.497 e. The maximum atomic E-state index is 13.5. The van der Waals surface area contributed by atoms with Crippen molar-refractivity contribution >= 4 is 17.7 Å². The first kappa shape index (κ1) is 25.0. The fourth-order valence-corrected chi connectivity index (χ4v) is 4.75. The molecule has 182 valence electrons. The number of hydrogen-bond donors (Lipinski definition) is 4. The molecule has 0 spiro atoms. The number of carbonyl (C=O) groups excluding carboxylic acids is 3. The van der Waals surface area contributed by atoms with Gasteiger partial charge in [0.1, 0.15) is 17.8 Å². The normalized spacial score (nSPS) is 25.7. The maximum Gasteiger partial charge on any atom is 0.246 e. The van der Waals surface area contributed by atoms with Crippen LogP contribution in [0.4, 0.5) is 0 Å². The van der Waals surface area contributed by atoms with E-state index in [1.165, 1.54) is 0 Å². The highest BCUT2D eigenvalue weighted by molar-refractivity contribution is 5.94. The van der Waals surface area contributed by atoms with E-state index in [9.17, 15) is 19.5 Å². The number of methoxy groups -OCH3 is 1. The molecule has 2 heterocycles. The second-order valence-electron chi connectivity index (χ2n) is 8.90. The van der Waals surface area contributed by atoms with Crippen LogP contribution in [0.15, 0.2) is 24.3 Å². The van der Waals surface area contributed by atoms with Crippen LogP contribution in [0.5, 0.6) is 5.75 Å². The fraction of sp³-hybridized carbons (Fsp3) is 0.625. The summed E-state index contributed by atoms with van der Waals surface area (Å²) in [7, 11) is 1.62. The average Bonchev–Trinajstić information content (AvgIpc) is 3.21. The zero-order valence-corrected chi connectivity index (χ0v) is 19.5. The number of rotatable bonds is 9. The number of carbonyl (C=O) groups is 3. The zero-order chi connectivity index (χ0) is 24.0. The molecule has 0 aliphatic carbocycles. The van der Waals surface area contributed by atoms with Crippen molar-refractivity contribution in [2.75, 3.05) is 20.3 Å². The molecule has 3 rings (SSSR count). The number of aliphatic hydroxyl groups excluding tert-OH is 1. The number of nitrogens with two attached hydrogens (primary N) is 1. The van der Waals surface area contributed by atoms with E-state index in [1.807, 2.05) is 24.3 Å². The van der Waals surface area contributed by atoms with Crippen molar-refractivity contribution in [1.82, 2.24) is 15.5 Å². The van der Waals surface area contributed by atoms with Gasteiger partial charge < -0.3 is 31.1 Å². The van der Waals surface area contributed by atoms with Gasteiger partial charge in [0, 0.05) is 25.1 Å². The Morgan fingerprint density at radius 1 is 1.21 bits per heavy atom. The zero-order valence-electron chi connectivity index (χ0n) is 19.5. The minimum absolute atomic E-state index is 0.0642. The van der Waals surface area contributed by atoms with Gasteiger partial charge in [-0.15, -0.1) is 0 Å². The van der Waals surface area contributed by atoms with Crippen LogP contribution in [0.25, 0.3) is 0 Å². The van der Waals surface area contributed by atoms with Crippen LogP contribution in [-0.4, -0.2) is 72.2 Å². The van der Waals surface area contributed by atoms with Crippen molar-refractivity contribution in [2.45, 2.75) is 69.6 Å². The second-order valence-corrected chi connectivity index (χ2v) is 8.90. The molecule has 33 heavy (non-hydrogen) atoms. The van der Waals surface area contributed by atoms with Crippen LogP contribution in [0.3, 0.4) is 0 Å². The summed E-state index contributed by atoms with van der Waals surface area (Å²) in [5, 5.41) is 15.6. The van der Waals surface area contributed by atoms with Gasteiger partial charge in [0.2, 0.25) is 17.7 Å². The van der Waals surface area contributed by atoms with Gasteiger partial charge >= 0.3 is 0 Å². The molecule has 2 aliphatic heterocycles.